The first-order chi connectivity index (χ1) is 10.0. The van der Waals surface area contributed by atoms with E-state index < -0.39 is 0 Å². The average molecular weight is 305 g/mol. The van der Waals surface area contributed by atoms with Crippen LogP contribution in [0, 0.1) is 19.8 Å². The molecular weight excluding hydrogens is 282 g/mol. The van der Waals surface area contributed by atoms with E-state index in [1.165, 1.54) is 11.3 Å². The first-order valence-corrected chi connectivity index (χ1v) is 8.27. The zero-order valence-electron chi connectivity index (χ0n) is 12.9. The van der Waals surface area contributed by atoms with Crippen LogP contribution in [0.5, 0.6) is 0 Å². The number of nitrogens with one attached hydrogen (secondary N) is 1. The Kier molecular flexibility index (Phi) is 5.56. The van der Waals surface area contributed by atoms with Gasteiger partial charge in [-0.15, -0.1) is 0 Å². The van der Waals surface area contributed by atoms with Crippen LogP contribution >= 0.6 is 11.3 Å². The van der Waals surface area contributed by atoms with Gasteiger partial charge in [-0.05, 0) is 54.6 Å². The third-order valence-electron chi connectivity index (χ3n) is 3.46. The van der Waals surface area contributed by atoms with E-state index in [4.69, 9.17) is 0 Å². The third kappa shape index (κ3) is 5.01. The molecule has 1 atom stereocenters. The Morgan fingerprint density at radius 2 is 2.29 bits per heavy atom. The Hall–Kier alpha value is -1.62. The standard InChI is InChI=1S/C16H23N3OS/c1-12(10-19-14(3)8-13(2)18-19)9-17-16(20)5-4-15-6-7-21-11-15/h6-8,11-12H,4-5,9-10H2,1-3H3,(H,17,20)/t12-/m0/s1. The van der Waals surface area contributed by atoms with Crippen LogP contribution < -0.4 is 5.32 Å². The smallest absolute Gasteiger partial charge is 0.220 e. The van der Waals surface area contributed by atoms with Gasteiger partial charge in [-0.2, -0.15) is 16.4 Å². The maximum Gasteiger partial charge on any atom is 0.220 e. The van der Waals surface area contributed by atoms with Crippen molar-refractivity contribution in [2.75, 3.05) is 6.54 Å². The van der Waals surface area contributed by atoms with Gasteiger partial charge >= 0.3 is 0 Å². The van der Waals surface area contributed by atoms with Gasteiger partial charge in [-0.1, -0.05) is 6.92 Å². The summed E-state index contributed by atoms with van der Waals surface area (Å²) in [5, 5.41) is 11.6. The molecule has 0 aliphatic heterocycles. The Labute approximate surface area is 130 Å². The second-order valence-corrected chi connectivity index (χ2v) is 6.43. The molecule has 0 unspecified atom stereocenters. The van der Waals surface area contributed by atoms with Crippen molar-refractivity contribution in [3.63, 3.8) is 0 Å². The quantitative estimate of drug-likeness (QED) is 0.855. The summed E-state index contributed by atoms with van der Waals surface area (Å²) >= 11 is 1.67. The number of hydrogen-bond donors (Lipinski definition) is 1. The molecule has 0 aliphatic rings. The number of carbonyl (C=O) groups is 1. The molecule has 0 spiro atoms. The highest BCUT2D eigenvalue weighted by atomic mass is 32.1. The van der Waals surface area contributed by atoms with Gasteiger partial charge in [-0.25, -0.2) is 0 Å². The minimum absolute atomic E-state index is 0.126. The molecule has 0 fully saturated rings. The summed E-state index contributed by atoms with van der Waals surface area (Å²) in [6, 6.07) is 4.15. The van der Waals surface area contributed by atoms with Crippen molar-refractivity contribution in [1.82, 2.24) is 15.1 Å². The Balaban J connectivity index is 1.69. The first-order valence-electron chi connectivity index (χ1n) is 7.33. The molecule has 114 valence electrons. The number of rotatable bonds is 7. The van der Waals surface area contributed by atoms with Gasteiger partial charge in [0, 0.05) is 25.2 Å². The number of carbonyl (C=O) groups excluding carboxylic acids is 1. The van der Waals surface area contributed by atoms with E-state index in [9.17, 15) is 4.79 Å². The normalized spacial score (nSPS) is 12.3. The summed E-state index contributed by atoms with van der Waals surface area (Å²) in [5.74, 6) is 0.495. The summed E-state index contributed by atoms with van der Waals surface area (Å²) in [6.07, 6.45) is 1.38. The third-order valence-corrected chi connectivity index (χ3v) is 4.19. The molecule has 1 amide bonds. The lowest BCUT2D eigenvalue weighted by Gasteiger charge is -2.14. The second kappa shape index (κ2) is 7.41. The molecule has 1 N–H and O–H groups in total. The van der Waals surface area contributed by atoms with Gasteiger partial charge in [0.25, 0.3) is 0 Å². The number of aromatic nitrogens is 2. The van der Waals surface area contributed by atoms with Gasteiger partial charge in [0.15, 0.2) is 0 Å². The van der Waals surface area contributed by atoms with Gasteiger partial charge in [0.1, 0.15) is 0 Å². The van der Waals surface area contributed by atoms with E-state index in [0.717, 1.165) is 18.7 Å². The molecule has 2 aromatic heterocycles. The lowest BCUT2D eigenvalue weighted by Crippen LogP contribution is -2.30. The summed E-state index contributed by atoms with van der Waals surface area (Å²) in [4.78, 5) is 11.8. The van der Waals surface area contributed by atoms with Crippen LogP contribution in [0.1, 0.15) is 30.3 Å². The van der Waals surface area contributed by atoms with E-state index in [2.05, 4.69) is 41.8 Å². The molecule has 0 saturated carbocycles. The summed E-state index contributed by atoms with van der Waals surface area (Å²) < 4.78 is 2.01. The fraction of sp³-hybridized carbons (Fsp3) is 0.500. The molecular formula is C16H23N3OS. The van der Waals surface area contributed by atoms with Gasteiger partial charge in [0.2, 0.25) is 5.91 Å². The van der Waals surface area contributed by atoms with E-state index in [1.807, 2.05) is 17.0 Å². The maximum absolute atomic E-state index is 11.8. The molecule has 0 aromatic carbocycles. The van der Waals surface area contributed by atoms with Crippen molar-refractivity contribution >= 4 is 17.2 Å². The molecule has 21 heavy (non-hydrogen) atoms. The van der Waals surface area contributed by atoms with Crippen molar-refractivity contribution in [2.24, 2.45) is 5.92 Å². The first kappa shape index (κ1) is 15.8. The van der Waals surface area contributed by atoms with Gasteiger partial charge in [0.05, 0.1) is 5.69 Å². The van der Waals surface area contributed by atoms with Gasteiger partial charge < -0.3 is 5.32 Å². The molecule has 2 aromatic rings. The van der Waals surface area contributed by atoms with Crippen LogP contribution in [-0.2, 0) is 17.8 Å². The average Bonchev–Trinajstić information content (AvgIpc) is 3.04. The van der Waals surface area contributed by atoms with Gasteiger partial charge in [-0.3, -0.25) is 9.48 Å². The van der Waals surface area contributed by atoms with Crippen LogP contribution in [0.4, 0.5) is 0 Å². The fourth-order valence-electron chi connectivity index (χ4n) is 2.29. The Morgan fingerprint density at radius 1 is 1.48 bits per heavy atom. The molecule has 0 aliphatic carbocycles. The minimum atomic E-state index is 0.126. The summed E-state index contributed by atoms with van der Waals surface area (Å²) in [7, 11) is 0. The maximum atomic E-state index is 11.8. The lowest BCUT2D eigenvalue weighted by molar-refractivity contribution is -0.121. The van der Waals surface area contributed by atoms with Crippen LogP contribution in [-0.4, -0.2) is 22.2 Å². The van der Waals surface area contributed by atoms with Crippen LogP contribution in [0.3, 0.4) is 0 Å². The highest BCUT2D eigenvalue weighted by Crippen LogP contribution is 2.09. The number of hydrogen-bond acceptors (Lipinski definition) is 3. The molecule has 0 saturated heterocycles. The highest BCUT2D eigenvalue weighted by Gasteiger charge is 2.09. The summed E-state index contributed by atoms with van der Waals surface area (Å²) in [6.45, 7) is 7.73. The van der Waals surface area contributed by atoms with Crippen molar-refractivity contribution in [3.05, 3.63) is 39.8 Å². The zero-order valence-corrected chi connectivity index (χ0v) is 13.7. The van der Waals surface area contributed by atoms with Crippen molar-refractivity contribution in [2.45, 2.75) is 40.2 Å². The molecule has 5 heteroatoms. The SMILES string of the molecule is Cc1cc(C)n(C[C@@H](C)CNC(=O)CCc2ccsc2)n1. The molecule has 2 rings (SSSR count). The monoisotopic (exact) mass is 305 g/mol. The lowest BCUT2D eigenvalue weighted by atomic mass is 10.1. The molecule has 0 bridgehead atoms. The van der Waals surface area contributed by atoms with E-state index >= 15 is 0 Å². The molecule has 4 nitrogen and oxygen atoms in total. The van der Waals surface area contributed by atoms with Crippen molar-refractivity contribution < 1.29 is 4.79 Å². The van der Waals surface area contributed by atoms with Crippen molar-refractivity contribution in [3.8, 4) is 0 Å². The second-order valence-electron chi connectivity index (χ2n) is 5.65. The molecule has 2 heterocycles. The number of thiophene rings is 1. The van der Waals surface area contributed by atoms with Crippen molar-refractivity contribution in [1.29, 1.82) is 0 Å². The largest absolute Gasteiger partial charge is 0.356 e. The van der Waals surface area contributed by atoms with E-state index in [-0.39, 0.29) is 5.91 Å². The zero-order chi connectivity index (χ0) is 15.2. The minimum Gasteiger partial charge on any atom is -0.356 e. The Morgan fingerprint density at radius 3 is 2.90 bits per heavy atom. The highest BCUT2D eigenvalue weighted by molar-refractivity contribution is 7.07. The Bertz CT molecular complexity index is 574. The predicted octanol–water partition coefficient (Wildman–Crippen LogP) is 2.95. The number of amides is 1. The fourth-order valence-corrected chi connectivity index (χ4v) is 2.99. The van der Waals surface area contributed by atoms with E-state index in [1.54, 1.807) is 11.3 Å². The van der Waals surface area contributed by atoms with Crippen LogP contribution in [0.15, 0.2) is 22.9 Å². The summed E-state index contributed by atoms with van der Waals surface area (Å²) in [5.41, 5.74) is 3.45. The van der Waals surface area contributed by atoms with E-state index in [0.29, 0.717) is 18.9 Å². The number of nitrogens with zero attached hydrogens (tertiary/aromatic N) is 2. The van der Waals surface area contributed by atoms with Crippen LogP contribution in [0.2, 0.25) is 0 Å². The number of aryl methyl sites for hydroxylation is 3. The topological polar surface area (TPSA) is 46.9 Å². The van der Waals surface area contributed by atoms with Crippen LogP contribution in [0.25, 0.3) is 0 Å². The molecule has 0 radical (unpaired) electrons. The predicted molar refractivity (Wildman–Crippen MR) is 86.5 cm³/mol.